The topological polar surface area (TPSA) is 108 Å². The second kappa shape index (κ2) is 14.2. The minimum absolute atomic E-state index is 0.0167. The quantitative estimate of drug-likeness (QED) is 0.271. The standard InChI is InChI=1S/C32H38N2O6/c1-22(24-8-4-3-5-9-24)34(2)20-28-19-29(25-16-14-23(21-35)15-17-25)40-32(39-28)26-10-6-11-27(18-26)33-30(36)12-7-13-31(37)38/h3-6,8-11,14-18,22,28-29,32,35H,7,12-13,19-21H2,1-2H3,(H,33,36)(H,37,38)/t22-,28-,29+,32+/m0/s1. The van der Waals surface area contributed by atoms with Gasteiger partial charge in [0.25, 0.3) is 0 Å². The number of nitrogens with one attached hydrogen (secondary N) is 1. The van der Waals surface area contributed by atoms with E-state index < -0.39 is 12.3 Å². The van der Waals surface area contributed by atoms with Crippen LogP contribution in [0.25, 0.3) is 0 Å². The molecule has 1 aliphatic heterocycles. The van der Waals surface area contributed by atoms with Crippen molar-refractivity contribution in [2.75, 3.05) is 18.9 Å². The van der Waals surface area contributed by atoms with Gasteiger partial charge in [-0.3, -0.25) is 14.5 Å². The lowest BCUT2D eigenvalue weighted by Gasteiger charge is -2.39. The summed E-state index contributed by atoms with van der Waals surface area (Å²) in [6, 6.07) is 25.7. The van der Waals surface area contributed by atoms with Crippen molar-refractivity contribution in [1.29, 1.82) is 0 Å². The van der Waals surface area contributed by atoms with Gasteiger partial charge in [-0.25, -0.2) is 0 Å². The Morgan fingerprint density at radius 3 is 2.42 bits per heavy atom. The summed E-state index contributed by atoms with van der Waals surface area (Å²) in [5, 5.41) is 21.1. The van der Waals surface area contributed by atoms with Crippen molar-refractivity contribution in [1.82, 2.24) is 4.90 Å². The number of carboxylic acid groups (broad SMARTS) is 1. The zero-order valence-electron chi connectivity index (χ0n) is 23.0. The molecule has 212 valence electrons. The number of ether oxygens (including phenoxy) is 2. The number of likely N-dealkylation sites (N-methyl/N-ethyl adjacent to an activating group) is 1. The molecule has 1 saturated heterocycles. The summed E-state index contributed by atoms with van der Waals surface area (Å²) in [6.07, 6.45) is 0.0522. The molecule has 0 aromatic heterocycles. The summed E-state index contributed by atoms with van der Waals surface area (Å²) < 4.78 is 13.0. The number of aliphatic carboxylic acids is 1. The van der Waals surface area contributed by atoms with E-state index in [1.165, 1.54) is 5.56 Å². The first kappa shape index (κ1) is 29.4. The van der Waals surface area contributed by atoms with Crippen molar-refractivity contribution in [3.8, 4) is 0 Å². The van der Waals surface area contributed by atoms with Crippen LogP contribution in [-0.2, 0) is 25.7 Å². The Hall–Kier alpha value is -3.56. The van der Waals surface area contributed by atoms with Crippen molar-refractivity contribution in [3.63, 3.8) is 0 Å². The molecule has 0 radical (unpaired) electrons. The molecule has 1 fully saturated rings. The van der Waals surface area contributed by atoms with Gasteiger partial charge in [-0.15, -0.1) is 0 Å². The molecule has 0 bridgehead atoms. The van der Waals surface area contributed by atoms with Crippen LogP contribution in [0, 0.1) is 0 Å². The number of carbonyl (C=O) groups excluding carboxylic acids is 1. The smallest absolute Gasteiger partial charge is 0.303 e. The number of hydrogen-bond acceptors (Lipinski definition) is 6. The van der Waals surface area contributed by atoms with E-state index in [9.17, 15) is 14.7 Å². The summed E-state index contributed by atoms with van der Waals surface area (Å²) in [5.74, 6) is -1.15. The highest BCUT2D eigenvalue weighted by Gasteiger charge is 2.33. The van der Waals surface area contributed by atoms with Gasteiger partial charge in [0, 0.05) is 43.1 Å². The maximum atomic E-state index is 12.3. The van der Waals surface area contributed by atoms with Crippen molar-refractivity contribution >= 4 is 17.6 Å². The molecule has 0 unspecified atom stereocenters. The lowest BCUT2D eigenvalue weighted by molar-refractivity contribution is -0.253. The van der Waals surface area contributed by atoms with Gasteiger partial charge in [0.15, 0.2) is 6.29 Å². The number of nitrogens with zero attached hydrogens (tertiary/aromatic N) is 1. The zero-order chi connectivity index (χ0) is 28.5. The van der Waals surface area contributed by atoms with Gasteiger partial charge in [0.2, 0.25) is 5.91 Å². The Balaban J connectivity index is 1.50. The van der Waals surface area contributed by atoms with Crippen molar-refractivity contribution in [2.45, 2.75) is 63.8 Å². The van der Waals surface area contributed by atoms with Gasteiger partial charge in [0.1, 0.15) is 0 Å². The van der Waals surface area contributed by atoms with Crippen LogP contribution in [0.4, 0.5) is 5.69 Å². The molecule has 3 N–H and O–H groups in total. The molecular formula is C32H38N2O6. The van der Waals surface area contributed by atoms with Crippen LogP contribution in [0.5, 0.6) is 0 Å². The number of hydrogen-bond donors (Lipinski definition) is 3. The van der Waals surface area contributed by atoms with E-state index in [-0.39, 0.29) is 50.0 Å². The van der Waals surface area contributed by atoms with Gasteiger partial charge in [0.05, 0.1) is 18.8 Å². The molecule has 4 rings (SSSR count). The van der Waals surface area contributed by atoms with Crippen LogP contribution in [0.3, 0.4) is 0 Å². The Kier molecular flexibility index (Phi) is 10.4. The van der Waals surface area contributed by atoms with Gasteiger partial charge in [-0.1, -0.05) is 66.7 Å². The van der Waals surface area contributed by atoms with E-state index in [1.807, 2.05) is 60.7 Å². The number of carboxylic acids is 1. The monoisotopic (exact) mass is 546 g/mol. The third kappa shape index (κ3) is 8.22. The SMILES string of the molecule is C[C@@H](c1ccccc1)N(C)C[C@@H]1C[C@H](c2ccc(CO)cc2)O[C@H](c2cccc(NC(=O)CCCC(=O)O)c2)O1. The van der Waals surface area contributed by atoms with E-state index in [0.29, 0.717) is 18.7 Å². The summed E-state index contributed by atoms with van der Waals surface area (Å²) >= 11 is 0. The molecule has 3 aromatic carbocycles. The van der Waals surface area contributed by atoms with Crippen LogP contribution in [-0.4, -0.2) is 46.7 Å². The average Bonchev–Trinajstić information content (AvgIpc) is 2.97. The first-order chi connectivity index (χ1) is 19.3. The van der Waals surface area contributed by atoms with E-state index in [2.05, 4.69) is 36.3 Å². The fraction of sp³-hybridized carbons (Fsp3) is 0.375. The number of aliphatic hydroxyl groups is 1. The van der Waals surface area contributed by atoms with Gasteiger partial charge in [-0.05, 0) is 49.2 Å². The third-order valence-electron chi connectivity index (χ3n) is 7.29. The molecular weight excluding hydrogens is 508 g/mol. The number of benzene rings is 3. The lowest BCUT2D eigenvalue weighted by Crippen LogP contribution is -2.38. The first-order valence-electron chi connectivity index (χ1n) is 13.7. The van der Waals surface area contributed by atoms with E-state index in [1.54, 1.807) is 6.07 Å². The van der Waals surface area contributed by atoms with Crippen molar-refractivity contribution in [3.05, 3.63) is 101 Å². The molecule has 0 saturated carbocycles. The highest BCUT2D eigenvalue weighted by molar-refractivity contribution is 5.90. The second-order valence-corrected chi connectivity index (χ2v) is 10.3. The molecule has 1 amide bonds. The Labute approximate surface area is 235 Å². The second-order valence-electron chi connectivity index (χ2n) is 10.3. The first-order valence-corrected chi connectivity index (χ1v) is 13.7. The summed E-state index contributed by atoms with van der Waals surface area (Å²) in [5.41, 5.74) is 4.47. The normalized spacial score (nSPS) is 19.8. The van der Waals surface area contributed by atoms with Crippen molar-refractivity contribution in [2.24, 2.45) is 0 Å². The number of amides is 1. The van der Waals surface area contributed by atoms with Crippen LogP contribution < -0.4 is 5.32 Å². The van der Waals surface area contributed by atoms with E-state index in [4.69, 9.17) is 14.6 Å². The van der Waals surface area contributed by atoms with Crippen LogP contribution in [0.1, 0.15) is 73.3 Å². The molecule has 0 aliphatic carbocycles. The molecule has 40 heavy (non-hydrogen) atoms. The fourth-order valence-corrected chi connectivity index (χ4v) is 4.89. The largest absolute Gasteiger partial charge is 0.481 e. The Morgan fingerprint density at radius 2 is 1.73 bits per heavy atom. The highest BCUT2D eigenvalue weighted by Crippen LogP contribution is 2.39. The Morgan fingerprint density at radius 1 is 0.975 bits per heavy atom. The molecule has 3 aromatic rings. The molecule has 8 nitrogen and oxygen atoms in total. The fourth-order valence-electron chi connectivity index (χ4n) is 4.89. The molecule has 1 aliphatic rings. The third-order valence-corrected chi connectivity index (χ3v) is 7.29. The van der Waals surface area contributed by atoms with E-state index in [0.717, 1.165) is 16.7 Å². The molecule has 0 spiro atoms. The van der Waals surface area contributed by atoms with Crippen LogP contribution in [0.15, 0.2) is 78.9 Å². The van der Waals surface area contributed by atoms with Gasteiger partial charge < -0.3 is 25.0 Å². The number of anilines is 1. The average molecular weight is 547 g/mol. The minimum Gasteiger partial charge on any atom is -0.481 e. The highest BCUT2D eigenvalue weighted by atomic mass is 16.7. The predicted molar refractivity (Wildman–Crippen MR) is 152 cm³/mol. The van der Waals surface area contributed by atoms with Gasteiger partial charge in [-0.2, -0.15) is 0 Å². The predicted octanol–water partition coefficient (Wildman–Crippen LogP) is 5.61. The zero-order valence-corrected chi connectivity index (χ0v) is 23.0. The van der Waals surface area contributed by atoms with Crippen molar-refractivity contribution < 1.29 is 29.3 Å². The molecule has 1 heterocycles. The summed E-state index contributed by atoms with van der Waals surface area (Å²) in [6.45, 7) is 2.86. The van der Waals surface area contributed by atoms with Gasteiger partial charge >= 0.3 is 5.97 Å². The summed E-state index contributed by atoms with van der Waals surface area (Å²) in [7, 11) is 2.09. The lowest BCUT2D eigenvalue weighted by atomic mass is 9.99. The van der Waals surface area contributed by atoms with Crippen LogP contribution >= 0.6 is 0 Å². The van der Waals surface area contributed by atoms with Crippen LogP contribution in [0.2, 0.25) is 0 Å². The number of rotatable bonds is 12. The maximum Gasteiger partial charge on any atom is 0.303 e. The number of aliphatic hydroxyl groups excluding tert-OH is 1. The molecule has 4 atom stereocenters. The van der Waals surface area contributed by atoms with E-state index >= 15 is 0 Å². The maximum absolute atomic E-state index is 12.3. The minimum atomic E-state index is -0.916. The Bertz CT molecular complexity index is 1250. The summed E-state index contributed by atoms with van der Waals surface area (Å²) in [4.78, 5) is 25.4. The number of carbonyl (C=O) groups is 2. The molecule has 8 heteroatoms.